The maximum absolute atomic E-state index is 13.9. The van der Waals surface area contributed by atoms with Crippen LogP contribution in [0.3, 0.4) is 0 Å². The van der Waals surface area contributed by atoms with Crippen LogP contribution >= 0.6 is 0 Å². The van der Waals surface area contributed by atoms with Gasteiger partial charge in [-0.2, -0.15) is 0 Å². The maximum atomic E-state index is 13.9. The fourth-order valence-electron chi connectivity index (χ4n) is 4.18. The van der Waals surface area contributed by atoms with Gasteiger partial charge in [-0.05, 0) is 72.7 Å². The molecule has 0 radical (unpaired) electrons. The standard InChI is InChI=1S/C24H23FO5S/c1-15-17(13-23(26)27)12-16-6-7-18(25)14-22(16)24(15)30-19-8-10-21(11-9-19)31(28,29)20-4-2-3-5-20/h6-12,14,20H,2-5,13H2,1H3,(H,26,27). The summed E-state index contributed by atoms with van der Waals surface area (Å²) in [5.74, 6) is -0.649. The van der Waals surface area contributed by atoms with Crippen molar-refractivity contribution in [3.05, 3.63) is 65.5 Å². The Hall–Kier alpha value is -2.93. The quantitative estimate of drug-likeness (QED) is 0.551. The van der Waals surface area contributed by atoms with Crippen LogP contribution in [0.2, 0.25) is 0 Å². The van der Waals surface area contributed by atoms with Crippen molar-refractivity contribution in [2.24, 2.45) is 0 Å². The number of hydrogen-bond acceptors (Lipinski definition) is 4. The molecule has 0 saturated heterocycles. The van der Waals surface area contributed by atoms with E-state index in [4.69, 9.17) is 4.74 Å². The first-order chi connectivity index (χ1) is 14.8. The van der Waals surface area contributed by atoms with Gasteiger partial charge < -0.3 is 9.84 Å². The average Bonchev–Trinajstić information content (AvgIpc) is 3.27. The highest BCUT2D eigenvalue weighted by Gasteiger charge is 2.30. The fraction of sp³-hybridized carbons (Fsp3) is 0.292. The van der Waals surface area contributed by atoms with E-state index in [0.29, 0.717) is 46.2 Å². The number of carbonyl (C=O) groups is 1. The molecule has 3 aromatic rings. The molecule has 7 heteroatoms. The number of aliphatic carboxylic acids is 1. The SMILES string of the molecule is Cc1c(CC(=O)O)cc2ccc(F)cc2c1Oc1ccc(S(=O)(=O)C2CCCC2)cc1. The van der Waals surface area contributed by atoms with Crippen molar-refractivity contribution in [2.75, 3.05) is 0 Å². The van der Waals surface area contributed by atoms with Crippen molar-refractivity contribution in [3.8, 4) is 11.5 Å². The normalized spacial score (nSPS) is 14.8. The number of fused-ring (bicyclic) bond motifs is 1. The summed E-state index contributed by atoms with van der Waals surface area (Å²) in [6.07, 6.45) is 3.05. The highest BCUT2D eigenvalue weighted by Crippen LogP contribution is 2.37. The number of carboxylic acid groups (broad SMARTS) is 1. The Balaban J connectivity index is 1.71. The summed E-state index contributed by atoms with van der Waals surface area (Å²) >= 11 is 0. The molecule has 1 aliphatic carbocycles. The summed E-state index contributed by atoms with van der Waals surface area (Å²) in [5.41, 5.74) is 1.17. The lowest BCUT2D eigenvalue weighted by Crippen LogP contribution is -2.17. The molecule has 3 aromatic carbocycles. The number of benzene rings is 3. The summed E-state index contributed by atoms with van der Waals surface area (Å²) in [7, 11) is -3.37. The Morgan fingerprint density at radius 2 is 1.77 bits per heavy atom. The van der Waals surface area contributed by atoms with Crippen LogP contribution in [0.15, 0.2) is 53.4 Å². The third-order valence-electron chi connectivity index (χ3n) is 5.87. The van der Waals surface area contributed by atoms with Gasteiger partial charge in [0.05, 0.1) is 16.6 Å². The first-order valence-corrected chi connectivity index (χ1v) is 11.8. The molecule has 0 amide bonds. The van der Waals surface area contributed by atoms with Crippen LogP contribution in [0.25, 0.3) is 10.8 Å². The highest BCUT2D eigenvalue weighted by molar-refractivity contribution is 7.92. The van der Waals surface area contributed by atoms with E-state index in [1.54, 1.807) is 31.2 Å². The van der Waals surface area contributed by atoms with E-state index < -0.39 is 21.6 Å². The van der Waals surface area contributed by atoms with Gasteiger partial charge in [-0.25, -0.2) is 12.8 Å². The Kier molecular flexibility index (Phi) is 5.71. The minimum absolute atomic E-state index is 0.186. The van der Waals surface area contributed by atoms with E-state index in [1.807, 2.05) is 0 Å². The lowest BCUT2D eigenvalue weighted by Gasteiger charge is -2.16. The van der Waals surface area contributed by atoms with Gasteiger partial charge in [-0.1, -0.05) is 25.0 Å². The Labute approximate surface area is 180 Å². The number of sulfone groups is 1. The van der Waals surface area contributed by atoms with Crippen LogP contribution < -0.4 is 4.74 Å². The Morgan fingerprint density at radius 3 is 2.42 bits per heavy atom. The molecule has 162 valence electrons. The van der Waals surface area contributed by atoms with Crippen LogP contribution in [0.1, 0.15) is 36.8 Å². The number of rotatable bonds is 6. The predicted octanol–water partition coefficient (Wildman–Crippen LogP) is 5.42. The van der Waals surface area contributed by atoms with Gasteiger partial charge in [0, 0.05) is 5.39 Å². The first-order valence-electron chi connectivity index (χ1n) is 10.2. The van der Waals surface area contributed by atoms with E-state index in [9.17, 15) is 22.7 Å². The molecule has 0 unspecified atom stereocenters. The molecule has 0 aromatic heterocycles. The van der Waals surface area contributed by atoms with Crippen molar-refractivity contribution < 1.29 is 27.4 Å². The van der Waals surface area contributed by atoms with Gasteiger partial charge in [0.1, 0.15) is 17.3 Å². The van der Waals surface area contributed by atoms with E-state index >= 15 is 0 Å². The largest absolute Gasteiger partial charge is 0.481 e. The molecule has 0 heterocycles. The molecule has 0 spiro atoms. The second-order valence-corrected chi connectivity index (χ2v) is 10.2. The second kappa shape index (κ2) is 8.30. The van der Waals surface area contributed by atoms with Gasteiger partial charge in [0.15, 0.2) is 9.84 Å². The molecule has 1 aliphatic rings. The van der Waals surface area contributed by atoms with Gasteiger partial charge in [-0.15, -0.1) is 0 Å². The second-order valence-electron chi connectivity index (χ2n) is 7.95. The van der Waals surface area contributed by atoms with Gasteiger partial charge in [0.2, 0.25) is 0 Å². The molecule has 4 rings (SSSR count). The monoisotopic (exact) mass is 442 g/mol. The molecule has 1 N–H and O–H groups in total. The van der Waals surface area contributed by atoms with Gasteiger partial charge >= 0.3 is 5.97 Å². The summed E-state index contributed by atoms with van der Waals surface area (Å²) in [6.45, 7) is 1.73. The van der Waals surface area contributed by atoms with Crippen molar-refractivity contribution in [1.82, 2.24) is 0 Å². The first kappa shape index (κ1) is 21.3. The zero-order valence-corrected chi connectivity index (χ0v) is 17.9. The molecule has 5 nitrogen and oxygen atoms in total. The van der Waals surface area contributed by atoms with Gasteiger partial charge in [0.25, 0.3) is 0 Å². The lowest BCUT2D eigenvalue weighted by atomic mass is 9.98. The molecule has 1 fully saturated rings. The molecule has 0 atom stereocenters. The van der Waals surface area contributed by atoms with Crippen LogP contribution in [-0.2, 0) is 21.1 Å². The molecular formula is C24H23FO5S. The van der Waals surface area contributed by atoms with Crippen molar-refractivity contribution in [2.45, 2.75) is 49.2 Å². The average molecular weight is 443 g/mol. The van der Waals surface area contributed by atoms with E-state index in [0.717, 1.165) is 12.8 Å². The number of ether oxygens (including phenoxy) is 1. The zero-order valence-electron chi connectivity index (χ0n) is 17.1. The molecule has 0 bridgehead atoms. The summed E-state index contributed by atoms with van der Waals surface area (Å²) in [5, 5.41) is 10.1. The van der Waals surface area contributed by atoms with Crippen LogP contribution in [-0.4, -0.2) is 24.7 Å². The summed E-state index contributed by atoms with van der Waals surface area (Å²) in [4.78, 5) is 11.5. The lowest BCUT2D eigenvalue weighted by molar-refractivity contribution is -0.136. The predicted molar refractivity (Wildman–Crippen MR) is 116 cm³/mol. The van der Waals surface area contributed by atoms with E-state index in [-0.39, 0.29) is 16.6 Å². The van der Waals surface area contributed by atoms with Gasteiger partial charge in [-0.3, -0.25) is 4.79 Å². The Bertz CT molecular complexity index is 1240. The Morgan fingerprint density at radius 1 is 1.10 bits per heavy atom. The molecule has 31 heavy (non-hydrogen) atoms. The zero-order chi connectivity index (χ0) is 22.2. The number of hydrogen-bond donors (Lipinski definition) is 1. The fourth-order valence-corrected chi connectivity index (χ4v) is 6.03. The minimum atomic E-state index is -3.37. The van der Waals surface area contributed by atoms with E-state index in [2.05, 4.69) is 0 Å². The third kappa shape index (κ3) is 4.28. The highest BCUT2D eigenvalue weighted by atomic mass is 32.2. The summed E-state index contributed by atoms with van der Waals surface area (Å²) < 4.78 is 45.5. The molecule has 1 saturated carbocycles. The molecular weight excluding hydrogens is 419 g/mol. The summed E-state index contributed by atoms with van der Waals surface area (Å²) in [6, 6.07) is 12.2. The molecule has 0 aliphatic heterocycles. The van der Waals surface area contributed by atoms with Crippen molar-refractivity contribution >= 4 is 26.6 Å². The van der Waals surface area contributed by atoms with Crippen LogP contribution in [0, 0.1) is 12.7 Å². The number of carboxylic acids is 1. The minimum Gasteiger partial charge on any atom is -0.481 e. The van der Waals surface area contributed by atoms with Crippen molar-refractivity contribution in [3.63, 3.8) is 0 Å². The third-order valence-corrected chi connectivity index (χ3v) is 8.15. The van der Waals surface area contributed by atoms with Crippen molar-refractivity contribution in [1.29, 1.82) is 0 Å². The topological polar surface area (TPSA) is 80.7 Å². The van der Waals surface area contributed by atoms with Crippen LogP contribution in [0.4, 0.5) is 4.39 Å². The van der Waals surface area contributed by atoms with Crippen LogP contribution in [0.5, 0.6) is 11.5 Å². The smallest absolute Gasteiger partial charge is 0.307 e. The van der Waals surface area contributed by atoms with E-state index in [1.165, 1.54) is 24.3 Å². The maximum Gasteiger partial charge on any atom is 0.307 e. The number of halogens is 1.